The summed E-state index contributed by atoms with van der Waals surface area (Å²) in [6.07, 6.45) is -2.95. The van der Waals surface area contributed by atoms with Crippen LogP contribution in [0.1, 0.15) is 35.1 Å². The highest BCUT2D eigenvalue weighted by atomic mass is 16.5. The minimum Gasteiger partial charge on any atom is -0.508 e. The number of ether oxygens (including phenoxy) is 2. The van der Waals surface area contributed by atoms with Gasteiger partial charge in [-0.3, -0.25) is 0 Å². The number of aromatic hydroxyl groups is 1. The zero-order valence-electron chi connectivity index (χ0n) is 18.3. The van der Waals surface area contributed by atoms with Crippen molar-refractivity contribution in [2.45, 2.75) is 24.5 Å². The fourth-order valence-corrected chi connectivity index (χ4v) is 4.29. The Bertz CT molecular complexity index is 1090. The molecule has 1 aliphatic rings. The van der Waals surface area contributed by atoms with Gasteiger partial charge in [-0.2, -0.15) is 0 Å². The number of carbonyl (C=O) groups is 1. The molecule has 0 saturated heterocycles. The van der Waals surface area contributed by atoms with Crippen LogP contribution in [0.15, 0.2) is 66.7 Å². The topological polar surface area (TPSA) is 108 Å². The lowest BCUT2D eigenvalue weighted by Gasteiger charge is -2.20. The highest BCUT2D eigenvalue weighted by Crippen LogP contribution is 2.44. The fraction of sp³-hybridized carbons (Fsp3) is 0.269. The van der Waals surface area contributed by atoms with Crippen molar-refractivity contribution in [3.05, 3.63) is 83.4 Å². The van der Waals surface area contributed by atoms with E-state index in [2.05, 4.69) is 29.6 Å². The third-order valence-electron chi connectivity index (χ3n) is 5.95. The van der Waals surface area contributed by atoms with Gasteiger partial charge >= 0.3 is 6.09 Å². The molecule has 7 nitrogen and oxygen atoms in total. The van der Waals surface area contributed by atoms with Crippen molar-refractivity contribution < 1.29 is 29.6 Å². The van der Waals surface area contributed by atoms with Crippen molar-refractivity contribution in [3.63, 3.8) is 0 Å². The Hall–Kier alpha value is -3.55. The molecule has 7 heteroatoms. The fourth-order valence-electron chi connectivity index (χ4n) is 4.29. The molecule has 4 rings (SSSR count). The van der Waals surface area contributed by atoms with E-state index in [1.54, 1.807) is 0 Å². The summed E-state index contributed by atoms with van der Waals surface area (Å²) in [5.41, 5.74) is 4.84. The van der Waals surface area contributed by atoms with Crippen LogP contribution in [0.3, 0.4) is 0 Å². The summed E-state index contributed by atoms with van der Waals surface area (Å²) < 4.78 is 10.6. The number of phenols is 1. The van der Waals surface area contributed by atoms with Gasteiger partial charge < -0.3 is 30.1 Å². The van der Waals surface area contributed by atoms with E-state index < -0.39 is 18.3 Å². The first-order valence-corrected chi connectivity index (χ1v) is 10.8. The number of amides is 1. The number of rotatable bonds is 8. The second kappa shape index (κ2) is 9.94. The van der Waals surface area contributed by atoms with Gasteiger partial charge in [0.25, 0.3) is 0 Å². The van der Waals surface area contributed by atoms with Gasteiger partial charge in [0.05, 0.1) is 13.2 Å². The SMILES string of the molecule is COc1ccc(O)cc1C(O)C(O)CCNC(=O)OCC1c2ccccc2-c2ccccc21. The highest BCUT2D eigenvalue weighted by Gasteiger charge is 2.29. The zero-order valence-corrected chi connectivity index (χ0v) is 18.3. The summed E-state index contributed by atoms with van der Waals surface area (Å²) in [6, 6.07) is 20.5. The molecule has 0 aliphatic heterocycles. The molecule has 0 aromatic heterocycles. The lowest BCUT2D eigenvalue weighted by molar-refractivity contribution is 0.0122. The predicted octanol–water partition coefficient (Wildman–Crippen LogP) is 3.72. The number of aliphatic hydroxyl groups excluding tert-OH is 2. The molecular weight excluding hydrogens is 422 g/mol. The first-order valence-electron chi connectivity index (χ1n) is 10.8. The molecule has 2 unspecified atom stereocenters. The second-order valence-electron chi connectivity index (χ2n) is 7.98. The first-order chi connectivity index (χ1) is 16.0. The lowest BCUT2D eigenvalue weighted by Crippen LogP contribution is -2.30. The molecule has 0 bridgehead atoms. The molecule has 4 N–H and O–H groups in total. The summed E-state index contributed by atoms with van der Waals surface area (Å²) >= 11 is 0. The molecule has 0 radical (unpaired) electrons. The third kappa shape index (κ3) is 4.79. The van der Waals surface area contributed by atoms with E-state index in [1.165, 1.54) is 25.3 Å². The minimum atomic E-state index is -1.28. The van der Waals surface area contributed by atoms with Crippen LogP contribution in [-0.4, -0.2) is 47.8 Å². The predicted molar refractivity (Wildman–Crippen MR) is 123 cm³/mol. The second-order valence-corrected chi connectivity index (χ2v) is 7.98. The Morgan fingerprint density at radius 2 is 1.64 bits per heavy atom. The van der Waals surface area contributed by atoms with Crippen LogP contribution in [-0.2, 0) is 4.74 Å². The molecule has 3 aromatic carbocycles. The monoisotopic (exact) mass is 449 g/mol. The molecule has 0 saturated carbocycles. The number of benzene rings is 3. The summed E-state index contributed by atoms with van der Waals surface area (Å²) in [4.78, 5) is 12.3. The largest absolute Gasteiger partial charge is 0.508 e. The lowest BCUT2D eigenvalue weighted by atomic mass is 9.98. The summed E-state index contributed by atoms with van der Waals surface area (Å²) in [6.45, 7) is 0.307. The van der Waals surface area contributed by atoms with E-state index in [1.807, 2.05) is 24.3 Å². The molecule has 33 heavy (non-hydrogen) atoms. The quantitative estimate of drug-likeness (QED) is 0.417. The Morgan fingerprint density at radius 1 is 1.00 bits per heavy atom. The summed E-state index contributed by atoms with van der Waals surface area (Å²) in [5, 5.41) is 33.1. The van der Waals surface area contributed by atoms with Gasteiger partial charge in [-0.1, -0.05) is 48.5 Å². The number of aliphatic hydroxyl groups is 2. The van der Waals surface area contributed by atoms with Gasteiger partial charge in [0.15, 0.2) is 0 Å². The maximum absolute atomic E-state index is 12.3. The van der Waals surface area contributed by atoms with Gasteiger partial charge in [-0.05, 0) is 46.9 Å². The molecular formula is C26H27NO6. The first kappa shape index (κ1) is 22.6. The molecule has 1 aliphatic carbocycles. The number of methoxy groups -OCH3 is 1. The van der Waals surface area contributed by atoms with Crippen LogP contribution >= 0.6 is 0 Å². The summed E-state index contributed by atoms with van der Waals surface area (Å²) in [5.74, 6) is 0.270. The standard InChI is InChI=1S/C26H27NO6/c1-32-24-11-10-16(28)14-21(24)25(30)23(29)12-13-27-26(31)33-15-22-19-8-4-2-6-17(19)18-7-3-5-9-20(18)22/h2-11,14,22-23,25,28-30H,12-13,15H2,1H3,(H,27,31). The molecule has 3 aromatic rings. The van der Waals surface area contributed by atoms with E-state index in [0.29, 0.717) is 5.75 Å². The van der Waals surface area contributed by atoms with E-state index in [9.17, 15) is 20.1 Å². The van der Waals surface area contributed by atoms with Crippen molar-refractivity contribution in [2.24, 2.45) is 0 Å². The van der Waals surface area contributed by atoms with Gasteiger partial charge in [0, 0.05) is 18.0 Å². The van der Waals surface area contributed by atoms with Crippen molar-refractivity contribution in [3.8, 4) is 22.6 Å². The third-order valence-corrected chi connectivity index (χ3v) is 5.95. The average Bonchev–Trinajstić information content (AvgIpc) is 3.16. The van der Waals surface area contributed by atoms with Crippen molar-refractivity contribution in [2.75, 3.05) is 20.3 Å². The zero-order chi connectivity index (χ0) is 23.4. The van der Waals surface area contributed by atoms with Crippen molar-refractivity contribution >= 4 is 6.09 Å². The molecule has 0 heterocycles. The van der Waals surface area contributed by atoms with Gasteiger partial charge in [-0.15, -0.1) is 0 Å². The number of fused-ring (bicyclic) bond motifs is 3. The Morgan fingerprint density at radius 3 is 2.27 bits per heavy atom. The number of hydrogen-bond acceptors (Lipinski definition) is 6. The maximum atomic E-state index is 12.3. The van der Waals surface area contributed by atoms with Gasteiger partial charge in [0.1, 0.15) is 24.2 Å². The molecule has 172 valence electrons. The van der Waals surface area contributed by atoms with Crippen molar-refractivity contribution in [1.82, 2.24) is 5.32 Å². The number of phenolic OH excluding ortho intramolecular Hbond substituents is 1. The number of carbonyl (C=O) groups excluding carboxylic acids is 1. The highest BCUT2D eigenvalue weighted by molar-refractivity contribution is 5.79. The van der Waals surface area contributed by atoms with E-state index in [4.69, 9.17) is 9.47 Å². The minimum absolute atomic E-state index is 0.0335. The van der Waals surface area contributed by atoms with E-state index in [0.717, 1.165) is 22.3 Å². The number of nitrogens with one attached hydrogen (secondary N) is 1. The van der Waals surface area contributed by atoms with Crippen molar-refractivity contribution in [1.29, 1.82) is 0 Å². The summed E-state index contributed by atoms with van der Waals surface area (Å²) in [7, 11) is 1.44. The number of alkyl carbamates (subject to hydrolysis) is 1. The normalized spacial score (nSPS) is 14.2. The van der Waals surface area contributed by atoms with Gasteiger partial charge in [0.2, 0.25) is 0 Å². The van der Waals surface area contributed by atoms with Crippen LogP contribution in [0.25, 0.3) is 11.1 Å². The molecule has 1 amide bonds. The molecule has 0 fully saturated rings. The van der Waals surface area contributed by atoms with Crippen LogP contribution in [0.2, 0.25) is 0 Å². The van der Waals surface area contributed by atoms with Crippen LogP contribution in [0, 0.1) is 0 Å². The Kier molecular flexibility index (Phi) is 6.82. The van der Waals surface area contributed by atoms with Crippen LogP contribution in [0.5, 0.6) is 11.5 Å². The smallest absolute Gasteiger partial charge is 0.407 e. The number of hydrogen-bond donors (Lipinski definition) is 4. The maximum Gasteiger partial charge on any atom is 0.407 e. The Balaban J connectivity index is 1.30. The average molecular weight is 450 g/mol. The molecule has 2 atom stereocenters. The van der Waals surface area contributed by atoms with E-state index >= 15 is 0 Å². The Labute approximate surface area is 192 Å². The van der Waals surface area contributed by atoms with Crippen LogP contribution in [0.4, 0.5) is 4.79 Å². The van der Waals surface area contributed by atoms with Crippen LogP contribution < -0.4 is 10.1 Å². The van der Waals surface area contributed by atoms with Gasteiger partial charge in [-0.25, -0.2) is 4.79 Å². The van der Waals surface area contributed by atoms with E-state index in [-0.39, 0.29) is 36.8 Å². The molecule has 0 spiro atoms.